The maximum Gasteiger partial charge on any atom is 0.127 e. The molecule has 0 unspecified atom stereocenters. The molecule has 2 aromatic rings. The summed E-state index contributed by atoms with van der Waals surface area (Å²) in [5.41, 5.74) is 2.96. The summed E-state index contributed by atoms with van der Waals surface area (Å²) >= 11 is 0. The number of rotatable bonds is 4. The lowest BCUT2D eigenvalue weighted by Crippen LogP contribution is -2.30. The largest absolute Gasteiger partial charge is 0.298 e. The Kier molecular flexibility index (Phi) is 5.96. The molecule has 4 nitrogen and oxygen atoms in total. The molecule has 0 spiro atoms. The molecule has 1 heterocycles. The van der Waals surface area contributed by atoms with Gasteiger partial charge in [0, 0.05) is 31.7 Å². The normalized spacial score (nSPS) is 15.8. The minimum absolute atomic E-state index is 0.248. The Balaban J connectivity index is 1.58. The fourth-order valence-corrected chi connectivity index (χ4v) is 3.29. The van der Waals surface area contributed by atoms with Crippen LogP contribution in [0.25, 0.3) is 0 Å². The first kappa shape index (κ1) is 18.1. The minimum Gasteiger partial charge on any atom is -0.298 e. The van der Waals surface area contributed by atoms with Crippen LogP contribution < -0.4 is 0 Å². The smallest absolute Gasteiger partial charge is 0.127 e. The fourth-order valence-electron chi connectivity index (χ4n) is 3.29. The summed E-state index contributed by atoms with van der Waals surface area (Å²) in [6.45, 7) is 5.09. The van der Waals surface area contributed by atoms with Crippen molar-refractivity contribution in [3.05, 3.63) is 70.5 Å². The van der Waals surface area contributed by atoms with Crippen LogP contribution in [0.3, 0.4) is 0 Å². The van der Waals surface area contributed by atoms with Crippen molar-refractivity contribution >= 4 is 0 Å². The highest BCUT2D eigenvalue weighted by Gasteiger charge is 2.16. The standard InChI is InChI=1S/C21H21FN4/c22-21-7-6-19(14-24)12-20(21)16-26-9-1-8-25(10-11-26)15-18-4-2-17(13-23)3-5-18/h2-7,12H,1,8-11,15-16H2. The summed E-state index contributed by atoms with van der Waals surface area (Å²) in [6.07, 6.45) is 1.02. The van der Waals surface area contributed by atoms with Crippen LogP contribution in [0.1, 0.15) is 28.7 Å². The Hall–Kier alpha value is -2.73. The highest BCUT2D eigenvalue weighted by molar-refractivity contribution is 5.34. The molecule has 0 N–H and O–H groups in total. The Morgan fingerprint density at radius 1 is 0.808 bits per heavy atom. The SMILES string of the molecule is N#Cc1ccc(CN2CCCN(Cc3cc(C#N)ccc3F)CC2)cc1. The van der Waals surface area contributed by atoms with Gasteiger partial charge < -0.3 is 0 Å². The molecule has 5 heteroatoms. The topological polar surface area (TPSA) is 54.1 Å². The van der Waals surface area contributed by atoms with Crippen LogP contribution in [-0.2, 0) is 13.1 Å². The molecule has 2 aromatic carbocycles. The van der Waals surface area contributed by atoms with Gasteiger partial charge in [-0.05, 0) is 55.4 Å². The van der Waals surface area contributed by atoms with Crippen molar-refractivity contribution in [3.8, 4) is 12.1 Å². The molecular weight excluding hydrogens is 327 g/mol. The van der Waals surface area contributed by atoms with Crippen LogP contribution in [0.4, 0.5) is 4.39 Å². The molecular formula is C21H21FN4. The maximum absolute atomic E-state index is 14.0. The summed E-state index contributed by atoms with van der Waals surface area (Å²) < 4.78 is 14.0. The molecule has 0 atom stereocenters. The zero-order valence-electron chi connectivity index (χ0n) is 14.7. The molecule has 0 radical (unpaired) electrons. The van der Waals surface area contributed by atoms with Gasteiger partial charge in [0.1, 0.15) is 5.82 Å². The van der Waals surface area contributed by atoms with Gasteiger partial charge in [-0.15, -0.1) is 0 Å². The van der Waals surface area contributed by atoms with Gasteiger partial charge in [0.05, 0.1) is 23.3 Å². The molecule has 1 aliphatic rings. The van der Waals surface area contributed by atoms with Crippen molar-refractivity contribution in [2.75, 3.05) is 26.2 Å². The quantitative estimate of drug-likeness (QED) is 0.851. The van der Waals surface area contributed by atoms with Gasteiger partial charge >= 0.3 is 0 Å². The van der Waals surface area contributed by atoms with E-state index in [1.807, 2.05) is 24.3 Å². The molecule has 0 saturated carbocycles. The van der Waals surface area contributed by atoms with E-state index in [4.69, 9.17) is 10.5 Å². The Morgan fingerprint density at radius 3 is 2.08 bits per heavy atom. The van der Waals surface area contributed by atoms with Gasteiger partial charge in [-0.25, -0.2) is 4.39 Å². The van der Waals surface area contributed by atoms with E-state index in [-0.39, 0.29) is 5.82 Å². The van der Waals surface area contributed by atoms with Crippen LogP contribution in [0.15, 0.2) is 42.5 Å². The summed E-state index contributed by atoms with van der Waals surface area (Å²) in [7, 11) is 0. The molecule has 1 aliphatic heterocycles. The predicted molar refractivity (Wildman–Crippen MR) is 97.4 cm³/mol. The summed E-state index contributed by atoms with van der Waals surface area (Å²) in [6, 6.07) is 16.5. The second kappa shape index (κ2) is 8.58. The summed E-state index contributed by atoms with van der Waals surface area (Å²) in [5.74, 6) is -0.248. The number of nitrogens with zero attached hydrogens (tertiary/aromatic N) is 4. The van der Waals surface area contributed by atoms with Crippen molar-refractivity contribution in [1.29, 1.82) is 10.5 Å². The first-order chi connectivity index (χ1) is 12.7. The number of hydrogen-bond donors (Lipinski definition) is 0. The van der Waals surface area contributed by atoms with E-state index in [2.05, 4.69) is 21.9 Å². The zero-order chi connectivity index (χ0) is 18.4. The number of hydrogen-bond acceptors (Lipinski definition) is 4. The van der Waals surface area contributed by atoms with Crippen molar-refractivity contribution < 1.29 is 4.39 Å². The van der Waals surface area contributed by atoms with Crippen LogP contribution in [0.2, 0.25) is 0 Å². The molecule has 0 amide bonds. The van der Waals surface area contributed by atoms with E-state index in [0.717, 1.165) is 39.1 Å². The van der Waals surface area contributed by atoms with E-state index >= 15 is 0 Å². The van der Waals surface area contributed by atoms with Crippen LogP contribution >= 0.6 is 0 Å². The third kappa shape index (κ3) is 4.67. The van der Waals surface area contributed by atoms with Crippen LogP contribution in [0, 0.1) is 28.5 Å². The van der Waals surface area contributed by atoms with Crippen molar-refractivity contribution in [2.45, 2.75) is 19.5 Å². The average Bonchev–Trinajstić information content (AvgIpc) is 2.89. The average molecular weight is 348 g/mol. The third-order valence-electron chi connectivity index (χ3n) is 4.74. The molecule has 3 rings (SSSR count). The predicted octanol–water partition coefficient (Wildman–Crippen LogP) is 3.28. The van der Waals surface area contributed by atoms with Crippen molar-refractivity contribution in [2.24, 2.45) is 0 Å². The van der Waals surface area contributed by atoms with E-state index < -0.39 is 0 Å². The lowest BCUT2D eigenvalue weighted by molar-refractivity contribution is 0.245. The molecule has 26 heavy (non-hydrogen) atoms. The van der Waals surface area contributed by atoms with Gasteiger partial charge in [0.15, 0.2) is 0 Å². The molecule has 0 aliphatic carbocycles. The summed E-state index contributed by atoms with van der Waals surface area (Å²) in [4.78, 5) is 4.64. The van der Waals surface area contributed by atoms with Gasteiger partial charge in [-0.3, -0.25) is 9.80 Å². The number of benzene rings is 2. The summed E-state index contributed by atoms with van der Waals surface area (Å²) in [5, 5.41) is 17.9. The Morgan fingerprint density at radius 2 is 1.42 bits per heavy atom. The van der Waals surface area contributed by atoms with Crippen molar-refractivity contribution in [1.82, 2.24) is 9.80 Å². The lowest BCUT2D eigenvalue weighted by atomic mass is 10.1. The van der Waals surface area contributed by atoms with E-state index in [9.17, 15) is 4.39 Å². The molecule has 1 fully saturated rings. The second-order valence-corrected chi connectivity index (χ2v) is 6.63. The van der Waals surface area contributed by atoms with E-state index in [0.29, 0.717) is 23.2 Å². The molecule has 0 bridgehead atoms. The first-order valence-corrected chi connectivity index (χ1v) is 8.80. The zero-order valence-corrected chi connectivity index (χ0v) is 14.7. The lowest BCUT2D eigenvalue weighted by Gasteiger charge is -2.22. The molecule has 1 saturated heterocycles. The monoisotopic (exact) mass is 348 g/mol. The molecule has 0 aromatic heterocycles. The highest BCUT2D eigenvalue weighted by atomic mass is 19.1. The molecule has 132 valence electrons. The second-order valence-electron chi connectivity index (χ2n) is 6.63. The van der Waals surface area contributed by atoms with Crippen LogP contribution in [0.5, 0.6) is 0 Å². The van der Waals surface area contributed by atoms with Crippen molar-refractivity contribution in [3.63, 3.8) is 0 Å². The van der Waals surface area contributed by atoms with Gasteiger partial charge in [-0.2, -0.15) is 10.5 Å². The number of halogens is 1. The Bertz CT molecular complexity index is 833. The fraction of sp³-hybridized carbons (Fsp3) is 0.333. The first-order valence-electron chi connectivity index (χ1n) is 8.80. The highest BCUT2D eigenvalue weighted by Crippen LogP contribution is 2.16. The van der Waals surface area contributed by atoms with Gasteiger partial charge in [0.2, 0.25) is 0 Å². The van der Waals surface area contributed by atoms with E-state index in [1.54, 1.807) is 6.07 Å². The maximum atomic E-state index is 14.0. The van der Waals surface area contributed by atoms with E-state index in [1.165, 1.54) is 17.7 Å². The third-order valence-corrected chi connectivity index (χ3v) is 4.74. The van der Waals surface area contributed by atoms with Crippen LogP contribution in [-0.4, -0.2) is 36.0 Å². The minimum atomic E-state index is -0.248. The Labute approximate surface area is 153 Å². The number of nitriles is 2. The van der Waals surface area contributed by atoms with Gasteiger partial charge in [-0.1, -0.05) is 12.1 Å². The van der Waals surface area contributed by atoms with Gasteiger partial charge in [0.25, 0.3) is 0 Å².